The molecule has 0 amide bonds. The van der Waals surface area contributed by atoms with E-state index in [0.29, 0.717) is 16.5 Å². The van der Waals surface area contributed by atoms with E-state index in [2.05, 4.69) is 0 Å². The van der Waals surface area contributed by atoms with Crippen molar-refractivity contribution in [2.45, 2.75) is 19.4 Å². The molecule has 4 heteroatoms. The van der Waals surface area contributed by atoms with Crippen LogP contribution in [0.15, 0.2) is 29.6 Å². The van der Waals surface area contributed by atoms with E-state index in [4.69, 9.17) is 23.2 Å². The molecular formula is C13H12Cl2OS. The van der Waals surface area contributed by atoms with E-state index in [9.17, 15) is 5.11 Å². The summed E-state index contributed by atoms with van der Waals surface area (Å²) in [5.41, 5.74) is 1.75. The summed E-state index contributed by atoms with van der Waals surface area (Å²) in [6.07, 6.45) is -0.116. The van der Waals surface area contributed by atoms with E-state index in [0.717, 1.165) is 16.0 Å². The van der Waals surface area contributed by atoms with Gasteiger partial charge in [-0.25, -0.2) is 0 Å². The summed E-state index contributed by atoms with van der Waals surface area (Å²) in [6, 6.07) is 7.32. The van der Waals surface area contributed by atoms with Crippen molar-refractivity contribution in [3.8, 4) is 0 Å². The van der Waals surface area contributed by atoms with Crippen LogP contribution in [-0.2, 0) is 6.42 Å². The topological polar surface area (TPSA) is 20.2 Å². The SMILES string of the molecule is Cc1sccc1C(O)Cc1c(Cl)cccc1Cl. The number of benzene rings is 1. The minimum atomic E-state index is -0.557. The molecule has 17 heavy (non-hydrogen) atoms. The number of thiophene rings is 1. The maximum Gasteiger partial charge on any atom is 0.0842 e. The highest BCUT2D eigenvalue weighted by molar-refractivity contribution is 7.10. The Labute approximate surface area is 115 Å². The highest BCUT2D eigenvalue weighted by Crippen LogP contribution is 2.31. The van der Waals surface area contributed by atoms with E-state index >= 15 is 0 Å². The molecule has 1 atom stereocenters. The zero-order valence-electron chi connectivity index (χ0n) is 9.28. The number of aryl methyl sites for hydroxylation is 1. The van der Waals surface area contributed by atoms with Crippen molar-refractivity contribution in [2.75, 3.05) is 0 Å². The van der Waals surface area contributed by atoms with Gasteiger partial charge in [-0.2, -0.15) is 0 Å². The molecule has 2 rings (SSSR count). The molecule has 0 fully saturated rings. The van der Waals surface area contributed by atoms with Crippen LogP contribution >= 0.6 is 34.5 Å². The van der Waals surface area contributed by atoms with Gasteiger partial charge >= 0.3 is 0 Å². The van der Waals surface area contributed by atoms with Crippen molar-refractivity contribution in [3.05, 3.63) is 55.7 Å². The minimum Gasteiger partial charge on any atom is -0.388 e. The van der Waals surface area contributed by atoms with Gasteiger partial charge in [0.25, 0.3) is 0 Å². The lowest BCUT2D eigenvalue weighted by atomic mass is 10.0. The number of aliphatic hydroxyl groups is 1. The summed E-state index contributed by atoms with van der Waals surface area (Å²) in [5.74, 6) is 0. The fourth-order valence-electron chi connectivity index (χ4n) is 1.77. The minimum absolute atomic E-state index is 0.441. The van der Waals surface area contributed by atoms with Crippen LogP contribution in [0.1, 0.15) is 22.1 Å². The Morgan fingerprint density at radius 1 is 1.24 bits per heavy atom. The molecule has 90 valence electrons. The summed E-state index contributed by atoms with van der Waals surface area (Å²) >= 11 is 13.8. The van der Waals surface area contributed by atoms with Crippen LogP contribution in [0, 0.1) is 6.92 Å². The summed E-state index contributed by atoms with van der Waals surface area (Å²) in [5, 5.41) is 13.4. The standard InChI is InChI=1S/C13H12Cl2OS/c1-8-9(5-6-17-8)13(16)7-10-11(14)3-2-4-12(10)15/h2-6,13,16H,7H2,1H3. The number of rotatable bonds is 3. The third-order valence-corrected chi connectivity index (χ3v) is 4.29. The molecule has 1 aromatic carbocycles. The van der Waals surface area contributed by atoms with E-state index in [1.165, 1.54) is 0 Å². The van der Waals surface area contributed by atoms with Crippen LogP contribution in [-0.4, -0.2) is 5.11 Å². The normalized spacial score (nSPS) is 12.7. The van der Waals surface area contributed by atoms with Crippen LogP contribution in [0.3, 0.4) is 0 Å². The van der Waals surface area contributed by atoms with Crippen LogP contribution in [0.5, 0.6) is 0 Å². The monoisotopic (exact) mass is 286 g/mol. The van der Waals surface area contributed by atoms with Gasteiger partial charge in [-0.1, -0.05) is 29.3 Å². The van der Waals surface area contributed by atoms with Crippen molar-refractivity contribution in [3.63, 3.8) is 0 Å². The second-order valence-electron chi connectivity index (χ2n) is 3.85. The summed E-state index contributed by atoms with van der Waals surface area (Å²) in [6.45, 7) is 2.00. The lowest BCUT2D eigenvalue weighted by Crippen LogP contribution is -2.03. The van der Waals surface area contributed by atoms with Crippen molar-refractivity contribution < 1.29 is 5.11 Å². The van der Waals surface area contributed by atoms with Gasteiger partial charge in [0.1, 0.15) is 0 Å². The molecule has 0 aliphatic carbocycles. The fourth-order valence-corrected chi connectivity index (χ4v) is 3.08. The molecule has 1 nitrogen and oxygen atoms in total. The van der Waals surface area contributed by atoms with Crippen LogP contribution in [0.25, 0.3) is 0 Å². The van der Waals surface area contributed by atoms with Gasteiger partial charge in [-0.05, 0) is 41.6 Å². The van der Waals surface area contributed by atoms with Crippen LogP contribution in [0.4, 0.5) is 0 Å². The van der Waals surface area contributed by atoms with Gasteiger partial charge in [0.2, 0.25) is 0 Å². The molecule has 1 heterocycles. The second-order valence-corrected chi connectivity index (χ2v) is 5.79. The third-order valence-electron chi connectivity index (χ3n) is 2.72. The summed E-state index contributed by atoms with van der Waals surface area (Å²) in [7, 11) is 0. The molecule has 0 radical (unpaired) electrons. The molecule has 2 aromatic rings. The van der Waals surface area contributed by atoms with Gasteiger partial charge in [0.15, 0.2) is 0 Å². The molecule has 0 aliphatic heterocycles. The van der Waals surface area contributed by atoms with E-state index < -0.39 is 6.10 Å². The van der Waals surface area contributed by atoms with E-state index in [1.54, 1.807) is 29.5 Å². The molecule has 1 unspecified atom stereocenters. The zero-order chi connectivity index (χ0) is 12.4. The van der Waals surface area contributed by atoms with E-state index in [-0.39, 0.29) is 0 Å². The fraction of sp³-hybridized carbons (Fsp3) is 0.231. The molecule has 0 saturated carbocycles. The van der Waals surface area contributed by atoms with Gasteiger partial charge < -0.3 is 5.11 Å². The Hall–Kier alpha value is -0.540. The van der Waals surface area contributed by atoms with Crippen molar-refractivity contribution >= 4 is 34.5 Å². The molecule has 0 saturated heterocycles. The summed E-state index contributed by atoms with van der Waals surface area (Å²) in [4.78, 5) is 1.13. The number of hydrogen-bond donors (Lipinski definition) is 1. The Kier molecular flexibility index (Phi) is 4.10. The first-order valence-electron chi connectivity index (χ1n) is 5.24. The van der Waals surface area contributed by atoms with Gasteiger partial charge in [0, 0.05) is 21.3 Å². The predicted octanol–water partition coefficient (Wildman–Crippen LogP) is 4.64. The van der Waals surface area contributed by atoms with Crippen LogP contribution in [0.2, 0.25) is 10.0 Å². The van der Waals surface area contributed by atoms with E-state index in [1.807, 2.05) is 18.4 Å². The van der Waals surface area contributed by atoms with Gasteiger partial charge in [-0.15, -0.1) is 11.3 Å². The molecule has 0 bridgehead atoms. The molecule has 1 aromatic heterocycles. The zero-order valence-corrected chi connectivity index (χ0v) is 11.6. The first-order chi connectivity index (χ1) is 8.09. The molecule has 0 aliphatic rings. The Bertz CT molecular complexity index is 502. The Balaban J connectivity index is 2.25. The highest BCUT2D eigenvalue weighted by atomic mass is 35.5. The predicted molar refractivity (Wildman–Crippen MR) is 74.2 cm³/mol. The smallest absolute Gasteiger partial charge is 0.0842 e. The van der Waals surface area contributed by atoms with Crippen LogP contribution < -0.4 is 0 Å². The number of aliphatic hydroxyl groups excluding tert-OH is 1. The highest BCUT2D eigenvalue weighted by Gasteiger charge is 2.15. The number of halogens is 2. The molecule has 1 N–H and O–H groups in total. The van der Waals surface area contributed by atoms with Crippen molar-refractivity contribution in [1.82, 2.24) is 0 Å². The first kappa shape index (κ1) is 12.9. The van der Waals surface area contributed by atoms with Gasteiger partial charge in [-0.3, -0.25) is 0 Å². The van der Waals surface area contributed by atoms with Crippen molar-refractivity contribution in [1.29, 1.82) is 0 Å². The summed E-state index contributed by atoms with van der Waals surface area (Å²) < 4.78 is 0. The Morgan fingerprint density at radius 3 is 2.41 bits per heavy atom. The molecule has 0 spiro atoms. The Morgan fingerprint density at radius 2 is 1.88 bits per heavy atom. The molecular weight excluding hydrogens is 275 g/mol. The second kappa shape index (κ2) is 5.40. The van der Waals surface area contributed by atoms with Crippen molar-refractivity contribution in [2.24, 2.45) is 0 Å². The largest absolute Gasteiger partial charge is 0.388 e. The maximum absolute atomic E-state index is 10.2. The maximum atomic E-state index is 10.2. The lowest BCUT2D eigenvalue weighted by Gasteiger charge is -2.13. The quantitative estimate of drug-likeness (QED) is 0.872. The van der Waals surface area contributed by atoms with Gasteiger partial charge in [0.05, 0.1) is 6.10 Å². The third kappa shape index (κ3) is 2.83. The average Bonchev–Trinajstić information content (AvgIpc) is 2.70. The number of hydrogen-bond acceptors (Lipinski definition) is 2. The average molecular weight is 287 g/mol. The first-order valence-corrected chi connectivity index (χ1v) is 6.88. The lowest BCUT2D eigenvalue weighted by molar-refractivity contribution is 0.178.